The van der Waals surface area contributed by atoms with Crippen LogP contribution in [0.4, 0.5) is 0 Å². The Morgan fingerprint density at radius 1 is 1.64 bits per heavy atom. The van der Waals surface area contributed by atoms with Crippen molar-refractivity contribution < 1.29 is 4.79 Å². The van der Waals surface area contributed by atoms with Gasteiger partial charge in [0.25, 0.3) is 0 Å². The highest BCUT2D eigenvalue weighted by atomic mass is 16.2. The topological polar surface area (TPSA) is 41.1 Å². The molecule has 1 aliphatic rings. The maximum absolute atomic E-state index is 11.6. The van der Waals surface area contributed by atoms with Gasteiger partial charge in [0.05, 0.1) is 12.6 Å². The lowest BCUT2D eigenvalue weighted by Gasteiger charge is -2.26. The van der Waals surface area contributed by atoms with Gasteiger partial charge < -0.3 is 10.6 Å². The zero-order valence-electron chi connectivity index (χ0n) is 8.89. The van der Waals surface area contributed by atoms with Gasteiger partial charge in [-0.15, -0.1) is 5.92 Å². The monoisotopic (exact) mass is 194 g/mol. The van der Waals surface area contributed by atoms with E-state index in [1.165, 1.54) is 6.42 Å². The first-order valence-corrected chi connectivity index (χ1v) is 5.14. The van der Waals surface area contributed by atoms with Crippen LogP contribution in [0.25, 0.3) is 0 Å². The molecule has 2 unspecified atom stereocenters. The number of carbonyl (C=O) groups is 1. The molecule has 0 aromatic heterocycles. The summed E-state index contributed by atoms with van der Waals surface area (Å²) in [7, 11) is 0. The molecule has 0 aromatic rings. The lowest BCUT2D eigenvalue weighted by molar-refractivity contribution is -0.123. The van der Waals surface area contributed by atoms with Crippen LogP contribution in [0.15, 0.2) is 0 Å². The van der Waals surface area contributed by atoms with E-state index in [0.29, 0.717) is 12.5 Å². The molecule has 2 atom stereocenters. The minimum Gasteiger partial charge on any atom is -0.344 e. The Balaban J connectivity index is 2.31. The Labute approximate surface area is 85.6 Å². The zero-order valence-corrected chi connectivity index (χ0v) is 8.89. The number of piperidine rings is 1. The van der Waals surface area contributed by atoms with Gasteiger partial charge >= 0.3 is 0 Å². The summed E-state index contributed by atoms with van der Waals surface area (Å²) < 4.78 is 0. The van der Waals surface area contributed by atoms with E-state index in [1.807, 2.05) is 0 Å². The van der Waals surface area contributed by atoms with E-state index in [0.717, 1.165) is 13.0 Å². The van der Waals surface area contributed by atoms with Crippen LogP contribution in [0, 0.1) is 17.8 Å². The van der Waals surface area contributed by atoms with Gasteiger partial charge in [0.2, 0.25) is 5.91 Å². The number of nitrogens with one attached hydrogen (secondary N) is 2. The van der Waals surface area contributed by atoms with Crippen LogP contribution < -0.4 is 10.6 Å². The van der Waals surface area contributed by atoms with Crippen molar-refractivity contribution in [3.05, 3.63) is 0 Å². The van der Waals surface area contributed by atoms with E-state index in [1.54, 1.807) is 6.92 Å². The summed E-state index contributed by atoms with van der Waals surface area (Å²) in [5.74, 6) is 6.29. The fraction of sp³-hybridized carbons (Fsp3) is 0.727. The highest BCUT2D eigenvalue weighted by Gasteiger charge is 2.23. The van der Waals surface area contributed by atoms with E-state index >= 15 is 0 Å². The molecule has 0 radical (unpaired) electrons. The van der Waals surface area contributed by atoms with Gasteiger partial charge in [-0.3, -0.25) is 4.79 Å². The quantitative estimate of drug-likeness (QED) is 0.629. The lowest BCUT2D eigenvalue weighted by Crippen LogP contribution is -2.48. The minimum absolute atomic E-state index is 0.0163. The molecule has 0 aliphatic carbocycles. The van der Waals surface area contributed by atoms with Crippen LogP contribution in [0.5, 0.6) is 0 Å². The average Bonchev–Trinajstić information content (AvgIpc) is 2.18. The molecule has 78 valence electrons. The molecule has 0 bridgehead atoms. The van der Waals surface area contributed by atoms with E-state index < -0.39 is 0 Å². The molecule has 3 nitrogen and oxygen atoms in total. The third-order valence-corrected chi connectivity index (χ3v) is 2.51. The summed E-state index contributed by atoms with van der Waals surface area (Å²) >= 11 is 0. The second-order valence-electron chi connectivity index (χ2n) is 3.78. The Kier molecular flexibility index (Phi) is 4.48. The first-order chi connectivity index (χ1) is 6.74. The number of amides is 1. The number of carbonyl (C=O) groups excluding carboxylic acids is 1. The maximum Gasteiger partial charge on any atom is 0.237 e. The molecule has 1 amide bonds. The van der Waals surface area contributed by atoms with Gasteiger partial charge in [0, 0.05) is 0 Å². The summed E-state index contributed by atoms with van der Waals surface area (Å²) in [5, 5.41) is 6.01. The van der Waals surface area contributed by atoms with Crippen molar-refractivity contribution >= 4 is 5.91 Å². The van der Waals surface area contributed by atoms with E-state index in [-0.39, 0.29) is 11.9 Å². The first-order valence-electron chi connectivity index (χ1n) is 5.14. The molecule has 0 spiro atoms. The first kappa shape index (κ1) is 11.1. The van der Waals surface area contributed by atoms with Crippen molar-refractivity contribution in [3.8, 4) is 11.8 Å². The number of rotatable bonds is 2. The molecule has 0 aromatic carbocycles. The van der Waals surface area contributed by atoms with Crippen LogP contribution in [0.3, 0.4) is 0 Å². The highest BCUT2D eigenvalue weighted by Crippen LogP contribution is 2.14. The molecule has 2 N–H and O–H groups in total. The third-order valence-electron chi connectivity index (χ3n) is 2.51. The molecule has 1 heterocycles. The smallest absolute Gasteiger partial charge is 0.237 e. The Morgan fingerprint density at radius 2 is 2.43 bits per heavy atom. The minimum atomic E-state index is -0.0163. The van der Waals surface area contributed by atoms with Crippen molar-refractivity contribution in [1.82, 2.24) is 10.6 Å². The van der Waals surface area contributed by atoms with Crippen LogP contribution in [-0.2, 0) is 4.79 Å². The fourth-order valence-electron chi connectivity index (χ4n) is 1.65. The SMILES string of the molecule is CC#CCNC(=O)C1CC(C)CCN1. The Morgan fingerprint density at radius 3 is 3.07 bits per heavy atom. The third kappa shape index (κ3) is 3.39. The molecular formula is C11H18N2O. The fourth-order valence-corrected chi connectivity index (χ4v) is 1.65. The van der Waals surface area contributed by atoms with Gasteiger partial charge in [0.1, 0.15) is 0 Å². The van der Waals surface area contributed by atoms with Gasteiger partial charge in [-0.2, -0.15) is 0 Å². The van der Waals surface area contributed by atoms with Crippen LogP contribution in [-0.4, -0.2) is 25.0 Å². The molecule has 1 fully saturated rings. The lowest BCUT2D eigenvalue weighted by atomic mass is 9.94. The zero-order chi connectivity index (χ0) is 10.4. The van der Waals surface area contributed by atoms with Gasteiger partial charge in [-0.05, 0) is 32.2 Å². The standard InChI is InChI=1S/C11H18N2O/c1-3-4-6-13-11(14)10-8-9(2)5-7-12-10/h9-10,12H,5-8H2,1-2H3,(H,13,14). The van der Waals surface area contributed by atoms with Crippen molar-refractivity contribution in [2.45, 2.75) is 32.7 Å². The molecular weight excluding hydrogens is 176 g/mol. The normalized spacial score (nSPS) is 26.1. The van der Waals surface area contributed by atoms with Gasteiger partial charge in [-0.25, -0.2) is 0 Å². The average molecular weight is 194 g/mol. The van der Waals surface area contributed by atoms with Crippen LogP contribution in [0.1, 0.15) is 26.7 Å². The van der Waals surface area contributed by atoms with E-state index in [9.17, 15) is 4.79 Å². The summed E-state index contributed by atoms with van der Waals surface area (Å²) in [6, 6.07) is -0.0163. The van der Waals surface area contributed by atoms with Crippen molar-refractivity contribution in [1.29, 1.82) is 0 Å². The molecule has 1 aliphatic heterocycles. The molecule has 1 rings (SSSR count). The second kappa shape index (κ2) is 5.66. The summed E-state index contributed by atoms with van der Waals surface area (Å²) in [6.07, 6.45) is 2.10. The van der Waals surface area contributed by atoms with Crippen molar-refractivity contribution in [2.24, 2.45) is 5.92 Å². The number of hydrogen-bond donors (Lipinski definition) is 2. The second-order valence-corrected chi connectivity index (χ2v) is 3.78. The van der Waals surface area contributed by atoms with Crippen LogP contribution in [0.2, 0.25) is 0 Å². The predicted molar refractivity (Wildman–Crippen MR) is 56.6 cm³/mol. The highest BCUT2D eigenvalue weighted by molar-refractivity contribution is 5.82. The van der Waals surface area contributed by atoms with E-state index in [2.05, 4.69) is 29.4 Å². The van der Waals surface area contributed by atoms with Crippen molar-refractivity contribution in [3.63, 3.8) is 0 Å². The largest absolute Gasteiger partial charge is 0.344 e. The van der Waals surface area contributed by atoms with Crippen molar-refractivity contribution in [2.75, 3.05) is 13.1 Å². The summed E-state index contributed by atoms with van der Waals surface area (Å²) in [4.78, 5) is 11.6. The summed E-state index contributed by atoms with van der Waals surface area (Å²) in [5.41, 5.74) is 0. The Hall–Kier alpha value is -1.01. The summed E-state index contributed by atoms with van der Waals surface area (Å²) in [6.45, 7) is 5.36. The molecule has 1 saturated heterocycles. The maximum atomic E-state index is 11.6. The molecule has 14 heavy (non-hydrogen) atoms. The van der Waals surface area contributed by atoms with Gasteiger partial charge in [-0.1, -0.05) is 12.8 Å². The number of hydrogen-bond acceptors (Lipinski definition) is 2. The molecule has 0 saturated carbocycles. The van der Waals surface area contributed by atoms with Gasteiger partial charge in [0.15, 0.2) is 0 Å². The molecule has 3 heteroatoms. The van der Waals surface area contributed by atoms with E-state index in [4.69, 9.17) is 0 Å². The van der Waals surface area contributed by atoms with Crippen LogP contribution >= 0.6 is 0 Å². The Bertz CT molecular complexity index is 252. The predicted octanol–water partition coefficient (Wildman–Crippen LogP) is 0.514.